The van der Waals surface area contributed by atoms with Gasteiger partial charge < -0.3 is 10.1 Å². The van der Waals surface area contributed by atoms with Crippen LogP contribution >= 0.6 is 11.6 Å². The molecule has 1 aromatic heterocycles. The zero-order chi connectivity index (χ0) is 23.8. The molecule has 0 spiro atoms. The first kappa shape index (κ1) is 24.3. The highest BCUT2D eigenvalue weighted by Gasteiger charge is 2.14. The summed E-state index contributed by atoms with van der Waals surface area (Å²) in [6.45, 7) is 6.41. The summed E-state index contributed by atoms with van der Waals surface area (Å²) in [5.41, 5.74) is 3.29. The molecule has 0 radical (unpaired) electrons. The lowest BCUT2D eigenvalue weighted by molar-refractivity contribution is -0.143. The fourth-order valence-corrected chi connectivity index (χ4v) is 3.50. The van der Waals surface area contributed by atoms with Crippen molar-refractivity contribution in [3.63, 3.8) is 0 Å². The van der Waals surface area contributed by atoms with Gasteiger partial charge in [0.15, 0.2) is 0 Å². The van der Waals surface area contributed by atoms with Gasteiger partial charge in [0.25, 0.3) is 0 Å². The maximum absolute atomic E-state index is 12.6. The van der Waals surface area contributed by atoms with Crippen molar-refractivity contribution in [2.45, 2.75) is 40.0 Å². The fourth-order valence-electron chi connectivity index (χ4n) is 3.37. The SMILES string of the molecule is CCOC(=O)CCc1cccc(-n2nc(CC(C)C)cc2NC(=O)Nc2ccc(Cl)cc2)c1. The topological polar surface area (TPSA) is 85.2 Å². The van der Waals surface area contributed by atoms with E-state index in [9.17, 15) is 9.59 Å². The molecule has 2 amide bonds. The molecule has 0 fully saturated rings. The molecule has 0 bridgehead atoms. The van der Waals surface area contributed by atoms with E-state index in [0.29, 0.717) is 41.9 Å². The number of aryl methyl sites for hydroxylation is 1. The maximum Gasteiger partial charge on any atom is 0.324 e. The van der Waals surface area contributed by atoms with Crippen molar-refractivity contribution < 1.29 is 14.3 Å². The monoisotopic (exact) mass is 468 g/mol. The molecule has 2 aromatic carbocycles. The predicted octanol–water partition coefficient (Wildman–Crippen LogP) is 5.86. The van der Waals surface area contributed by atoms with Crippen LogP contribution in [-0.4, -0.2) is 28.4 Å². The summed E-state index contributed by atoms with van der Waals surface area (Å²) in [5.74, 6) is 0.752. The van der Waals surface area contributed by atoms with Crippen LogP contribution in [0.25, 0.3) is 5.69 Å². The normalized spacial score (nSPS) is 10.8. The van der Waals surface area contributed by atoms with Gasteiger partial charge in [-0.1, -0.05) is 37.6 Å². The summed E-state index contributed by atoms with van der Waals surface area (Å²) in [7, 11) is 0. The highest BCUT2D eigenvalue weighted by atomic mass is 35.5. The summed E-state index contributed by atoms with van der Waals surface area (Å²) in [4.78, 5) is 24.4. The second-order valence-corrected chi connectivity index (χ2v) is 8.53. The molecule has 2 N–H and O–H groups in total. The van der Waals surface area contributed by atoms with Gasteiger partial charge >= 0.3 is 12.0 Å². The fraction of sp³-hybridized carbons (Fsp3) is 0.320. The number of carbonyl (C=O) groups excluding carboxylic acids is 2. The van der Waals surface area contributed by atoms with E-state index < -0.39 is 0 Å². The van der Waals surface area contributed by atoms with Crippen LogP contribution in [0.5, 0.6) is 0 Å². The smallest absolute Gasteiger partial charge is 0.324 e. The zero-order valence-corrected chi connectivity index (χ0v) is 19.9. The van der Waals surface area contributed by atoms with Gasteiger partial charge in [0.2, 0.25) is 0 Å². The van der Waals surface area contributed by atoms with Crippen LogP contribution in [0.15, 0.2) is 54.6 Å². The van der Waals surface area contributed by atoms with E-state index in [-0.39, 0.29) is 12.0 Å². The molecule has 0 aliphatic rings. The van der Waals surface area contributed by atoms with Crippen molar-refractivity contribution >= 4 is 35.1 Å². The Labute approximate surface area is 199 Å². The molecule has 8 heteroatoms. The number of aromatic nitrogens is 2. The lowest BCUT2D eigenvalue weighted by atomic mass is 10.1. The van der Waals surface area contributed by atoms with Crippen molar-refractivity contribution in [1.82, 2.24) is 9.78 Å². The predicted molar refractivity (Wildman–Crippen MR) is 131 cm³/mol. The van der Waals surface area contributed by atoms with Crippen molar-refractivity contribution in [2.75, 3.05) is 17.2 Å². The van der Waals surface area contributed by atoms with Gasteiger partial charge in [-0.3, -0.25) is 10.1 Å². The van der Waals surface area contributed by atoms with Crippen LogP contribution in [0.2, 0.25) is 5.02 Å². The Bertz CT molecular complexity index is 1090. The Balaban J connectivity index is 1.81. The first-order valence-electron chi connectivity index (χ1n) is 11.0. The van der Waals surface area contributed by atoms with Gasteiger partial charge in [-0.2, -0.15) is 5.10 Å². The number of urea groups is 1. The molecule has 7 nitrogen and oxygen atoms in total. The van der Waals surface area contributed by atoms with Gasteiger partial charge in [0.1, 0.15) is 5.82 Å². The molecule has 0 atom stereocenters. The van der Waals surface area contributed by atoms with E-state index in [0.717, 1.165) is 23.4 Å². The number of nitrogens with one attached hydrogen (secondary N) is 2. The average Bonchev–Trinajstić information content (AvgIpc) is 3.15. The van der Waals surface area contributed by atoms with Crippen LogP contribution in [0.1, 0.15) is 38.4 Å². The molecule has 3 aromatic rings. The number of carbonyl (C=O) groups is 2. The van der Waals surface area contributed by atoms with E-state index in [4.69, 9.17) is 21.4 Å². The summed E-state index contributed by atoms with van der Waals surface area (Å²) >= 11 is 5.91. The van der Waals surface area contributed by atoms with Gasteiger partial charge in [-0.15, -0.1) is 0 Å². The number of ether oxygens (including phenoxy) is 1. The third kappa shape index (κ3) is 7.36. The lowest BCUT2D eigenvalue weighted by Crippen LogP contribution is -2.21. The summed E-state index contributed by atoms with van der Waals surface area (Å²) in [6.07, 6.45) is 1.65. The molecule has 0 aliphatic carbocycles. The highest BCUT2D eigenvalue weighted by molar-refractivity contribution is 6.30. The molecular formula is C25H29ClN4O3. The average molecular weight is 469 g/mol. The van der Waals surface area contributed by atoms with Crippen molar-refractivity contribution in [3.05, 3.63) is 70.9 Å². The summed E-state index contributed by atoms with van der Waals surface area (Å²) < 4.78 is 6.73. The van der Waals surface area contributed by atoms with E-state index in [1.54, 1.807) is 35.9 Å². The van der Waals surface area contributed by atoms with Crippen LogP contribution in [0.4, 0.5) is 16.3 Å². The molecule has 0 unspecified atom stereocenters. The molecule has 33 heavy (non-hydrogen) atoms. The van der Waals surface area contributed by atoms with Crippen LogP contribution in [0.3, 0.4) is 0 Å². The Morgan fingerprint density at radius 1 is 1.09 bits per heavy atom. The lowest BCUT2D eigenvalue weighted by Gasteiger charge is -2.11. The number of rotatable bonds is 9. The minimum atomic E-state index is -0.381. The number of esters is 1. The second kappa shape index (κ2) is 11.5. The largest absolute Gasteiger partial charge is 0.466 e. The highest BCUT2D eigenvalue weighted by Crippen LogP contribution is 2.21. The second-order valence-electron chi connectivity index (χ2n) is 8.09. The molecule has 3 rings (SSSR count). The zero-order valence-electron chi connectivity index (χ0n) is 19.1. The quantitative estimate of drug-likeness (QED) is 0.385. The molecular weight excluding hydrogens is 440 g/mol. The molecule has 0 saturated heterocycles. The number of hydrogen-bond donors (Lipinski definition) is 2. The Kier molecular flexibility index (Phi) is 8.49. The molecule has 174 valence electrons. The Hall–Kier alpha value is -3.32. The number of nitrogens with zero attached hydrogens (tertiary/aromatic N) is 2. The Morgan fingerprint density at radius 3 is 2.55 bits per heavy atom. The van der Waals surface area contributed by atoms with E-state index in [2.05, 4.69) is 24.5 Å². The molecule has 0 aliphatic heterocycles. The number of halogens is 1. The molecule has 0 saturated carbocycles. The van der Waals surface area contributed by atoms with Crippen molar-refractivity contribution in [3.8, 4) is 5.69 Å². The summed E-state index contributed by atoms with van der Waals surface area (Å²) in [6, 6.07) is 16.1. The van der Waals surface area contributed by atoms with Gasteiger partial charge in [0, 0.05) is 23.2 Å². The number of anilines is 2. The minimum absolute atomic E-state index is 0.220. The Morgan fingerprint density at radius 2 is 1.85 bits per heavy atom. The summed E-state index contributed by atoms with van der Waals surface area (Å²) in [5, 5.41) is 11.0. The van der Waals surface area contributed by atoms with Crippen LogP contribution in [-0.2, 0) is 22.4 Å². The van der Waals surface area contributed by atoms with E-state index >= 15 is 0 Å². The van der Waals surface area contributed by atoms with Crippen molar-refractivity contribution in [2.24, 2.45) is 5.92 Å². The first-order valence-corrected chi connectivity index (χ1v) is 11.4. The van der Waals surface area contributed by atoms with E-state index in [1.807, 2.05) is 30.3 Å². The van der Waals surface area contributed by atoms with Gasteiger partial charge in [-0.25, -0.2) is 9.48 Å². The third-order valence-corrected chi connectivity index (χ3v) is 5.05. The van der Waals surface area contributed by atoms with Gasteiger partial charge in [0.05, 0.1) is 18.0 Å². The van der Waals surface area contributed by atoms with Crippen LogP contribution in [0, 0.1) is 5.92 Å². The number of amides is 2. The standard InChI is InChI=1S/C25H29ClN4O3/c1-4-33-24(31)13-8-18-6-5-7-22(15-18)30-23(16-21(29-30)14-17(2)3)28-25(32)27-20-11-9-19(26)10-12-20/h5-7,9-12,15-17H,4,8,13-14H2,1-3H3,(H2,27,28,32). The van der Waals surface area contributed by atoms with Gasteiger partial charge in [-0.05, 0) is 67.6 Å². The first-order chi connectivity index (χ1) is 15.8. The number of benzene rings is 2. The maximum atomic E-state index is 12.6. The minimum Gasteiger partial charge on any atom is -0.466 e. The van der Waals surface area contributed by atoms with E-state index in [1.165, 1.54) is 0 Å². The third-order valence-electron chi connectivity index (χ3n) is 4.80. The van der Waals surface area contributed by atoms with Crippen molar-refractivity contribution in [1.29, 1.82) is 0 Å². The van der Waals surface area contributed by atoms with Crippen LogP contribution < -0.4 is 10.6 Å². The molecule has 1 heterocycles. The number of hydrogen-bond acceptors (Lipinski definition) is 4.